The molecule has 0 bridgehead atoms. The molecule has 21 heavy (non-hydrogen) atoms. The topological polar surface area (TPSA) is 42.0 Å². The molecule has 0 aliphatic carbocycles. The maximum Gasteiger partial charge on any atom is 0.233 e. The number of hydrogen-bond acceptors (Lipinski definition) is 3. The molecule has 1 aromatic heterocycles. The number of pyridine rings is 1. The number of carbonyl (C=O) groups is 1. The summed E-state index contributed by atoms with van der Waals surface area (Å²) < 4.78 is 13.8. The van der Waals surface area contributed by atoms with Gasteiger partial charge in [0.25, 0.3) is 0 Å². The van der Waals surface area contributed by atoms with E-state index in [1.54, 1.807) is 36.2 Å². The lowest BCUT2D eigenvalue weighted by atomic mass is 10.1. The Hall–Kier alpha value is -1.62. The van der Waals surface area contributed by atoms with Crippen molar-refractivity contribution >= 4 is 28.6 Å². The normalized spacial score (nSPS) is 19.3. The van der Waals surface area contributed by atoms with Gasteiger partial charge in [-0.3, -0.25) is 9.78 Å². The molecule has 1 fully saturated rings. The summed E-state index contributed by atoms with van der Waals surface area (Å²) >= 11 is 1.62. The Morgan fingerprint density at radius 2 is 2.24 bits per heavy atom. The number of hydrogen-bond donors (Lipinski definition) is 1. The summed E-state index contributed by atoms with van der Waals surface area (Å²) in [5.74, 6) is 0.544. The van der Waals surface area contributed by atoms with Gasteiger partial charge in [0, 0.05) is 23.9 Å². The van der Waals surface area contributed by atoms with Crippen LogP contribution in [0.1, 0.15) is 24.8 Å². The SMILES string of the molecule is O=C1NCCCC[C@H]1SCc1ccc(F)c2cccnc12. The smallest absolute Gasteiger partial charge is 0.233 e. The second-order valence-electron chi connectivity index (χ2n) is 5.19. The molecular weight excluding hydrogens is 287 g/mol. The molecule has 1 aromatic carbocycles. The van der Waals surface area contributed by atoms with E-state index in [-0.39, 0.29) is 17.0 Å². The van der Waals surface area contributed by atoms with Crippen molar-refractivity contribution in [1.29, 1.82) is 0 Å². The van der Waals surface area contributed by atoms with Gasteiger partial charge in [0.05, 0.1) is 10.8 Å². The highest BCUT2D eigenvalue weighted by molar-refractivity contribution is 7.99. The second-order valence-corrected chi connectivity index (χ2v) is 6.38. The lowest BCUT2D eigenvalue weighted by Gasteiger charge is -2.13. The Labute approximate surface area is 127 Å². The highest BCUT2D eigenvalue weighted by Crippen LogP contribution is 2.28. The van der Waals surface area contributed by atoms with Crippen molar-refractivity contribution in [2.75, 3.05) is 6.54 Å². The molecule has 0 saturated carbocycles. The summed E-state index contributed by atoms with van der Waals surface area (Å²) in [5, 5.41) is 3.47. The lowest BCUT2D eigenvalue weighted by molar-refractivity contribution is -0.120. The number of carbonyl (C=O) groups excluding carboxylic acids is 1. The van der Waals surface area contributed by atoms with E-state index in [1.807, 2.05) is 0 Å². The summed E-state index contributed by atoms with van der Waals surface area (Å²) in [6, 6.07) is 6.73. The van der Waals surface area contributed by atoms with Crippen LogP contribution in [-0.2, 0) is 10.5 Å². The van der Waals surface area contributed by atoms with E-state index >= 15 is 0 Å². The van der Waals surface area contributed by atoms with Gasteiger partial charge in [-0.15, -0.1) is 11.8 Å². The predicted octanol–water partition coefficient (Wildman–Crippen LogP) is 3.28. The average Bonchev–Trinajstić information content (AvgIpc) is 2.72. The minimum absolute atomic E-state index is 0.0173. The molecule has 1 aliphatic rings. The van der Waals surface area contributed by atoms with E-state index in [2.05, 4.69) is 10.3 Å². The van der Waals surface area contributed by atoms with Crippen LogP contribution in [0.2, 0.25) is 0 Å². The number of benzene rings is 1. The lowest BCUT2D eigenvalue weighted by Crippen LogP contribution is -2.30. The summed E-state index contributed by atoms with van der Waals surface area (Å²) in [6.45, 7) is 0.775. The van der Waals surface area contributed by atoms with Gasteiger partial charge in [-0.25, -0.2) is 4.39 Å². The van der Waals surface area contributed by atoms with Gasteiger partial charge in [0.15, 0.2) is 0 Å². The van der Waals surface area contributed by atoms with E-state index in [4.69, 9.17) is 0 Å². The highest BCUT2D eigenvalue weighted by atomic mass is 32.2. The average molecular weight is 304 g/mol. The molecule has 1 atom stereocenters. The molecule has 1 amide bonds. The number of nitrogens with zero attached hydrogens (tertiary/aromatic N) is 1. The summed E-state index contributed by atoms with van der Waals surface area (Å²) in [4.78, 5) is 16.2. The van der Waals surface area contributed by atoms with Crippen LogP contribution >= 0.6 is 11.8 Å². The summed E-state index contributed by atoms with van der Waals surface area (Å²) in [6.07, 6.45) is 4.69. The molecule has 1 saturated heterocycles. The van der Waals surface area contributed by atoms with E-state index in [1.165, 1.54) is 6.07 Å². The molecule has 5 heteroatoms. The first-order valence-corrected chi connectivity index (χ1v) is 8.22. The third kappa shape index (κ3) is 3.18. The first-order chi connectivity index (χ1) is 10.3. The fraction of sp³-hybridized carbons (Fsp3) is 0.375. The van der Waals surface area contributed by atoms with E-state index in [0.29, 0.717) is 16.7 Å². The van der Waals surface area contributed by atoms with Crippen molar-refractivity contribution in [3.63, 3.8) is 0 Å². The number of aromatic nitrogens is 1. The Balaban J connectivity index is 1.79. The molecule has 0 spiro atoms. The van der Waals surface area contributed by atoms with Crippen LogP contribution in [0.15, 0.2) is 30.5 Å². The predicted molar refractivity (Wildman–Crippen MR) is 83.6 cm³/mol. The Morgan fingerprint density at radius 3 is 3.14 bits per heavy atom. The van der Waals surface area contributed by atoms with E-state index < -0.39 is 0 Å². The van der Waals surface area contributed by atoms with Crippen molar-refractivity contribution < 1.29 is 9.18 Å². The van der Waals surface area contributed by atoms with Gasteiger partial charge in [0.2, 0.25) is 5.91 Å². The molecule has 3 nitrogen and oxygen atoms in total. The Bertz CT molecular complexity index is 662. The molecule has 2 aromatic rings. The Morgan fingerprint density at radius 1 is 1.33 bits per heavy atom. The second kappa shape index (κ2) is 6.43. The minimum Gasteiger partial charge on any atom is -0.355 e. The van der Waals surface area contributed by atoms with Gasteiger partial charge >= 0.3 is 0 Å². The molecular formula is C16H17FN2OS. The van der Waals surface area contributed by atoms with Gasteiger partial charge < -0.3 is 5.32 Å². The van der Waals surface area contributed by atoms with Crippen molar-refractivity contribution in [3.05, 3.63) is 41.8 Å². The maximum absolute atomic E-state index is 13.8. The van der Waals surface area contributed by atoms with E-state index in [9.17, 15) is 9.18 Å². The zero-order valence-electron chi connectivity index (χ0n) is 11.6. The molecule has 1 N–H and O–H groups in total. The van der Waals surface area contributed by atoms with Gasteiger partial charge in [-0.1, -0.05) is 12.5 Å². The Kier molecular flexibility index (Phi) is 4.39. The summed E-state index contributed by atoms with van der Waals surface area (Å²) in [7, 11) is 0. The monoisotopic (exact) mass is 304 g/mol. The molecule has 2 heterocycles. The number of rotatable bonds is 3. The van der Waals surface area contributed by atoms with Crippen LogP contribution in [0, 0.1) is 5.82 Å². The fourth-order valence-corrected chi connectivity index (χ4v) is 3.76. The van der Waals surface area contributed by atoms with Crippen molar-refractivity contribution in [2.24, 2.45) is 0 Å². The number of fused-ring (bicyclic) bond motifs is 1. The van der Waals surface area contributed by atoms with Crippen LogP contribution in [0.3, 0.4) is 0 Å². The first-order valence-electron chi connectivity index (χ1n) is 7.17. The number of halogens is 1. The van der Waals surface area contributed by atoms with Crippen LogP contribution in [-0.4, -0.2) is 22.7 Å². The standard InChI is InChI=1S/C16H17FN2OS/c17-13-7-6-11(15-12(13)4-3-9-18-15)10-21-14-5-1-2-8-19-16(14)20/h3-4,6-7,9,14H,1-2,5,8,10H2,(H,19,20)/t14-/m1/s1. The molecule has 3 rings (SSSR count). The van der Waals surface area contributed by atoms with Crippen LogP contribution in [0.4, 0.5) is 4.39 Å². The van der Waals surface area contributed by atoms with Crippen LogP contribution in [0.5, 0.6) is 0 Å². The van der Waals surface area contributed by atoms with Gasteiger partial charge in [0.1, 0.15) is 5.82 Å². The molecule has 0 radical (unpaired) electrons. The van der Waals surface area contributed by atoms with Crippen molar-refractivity contribution in [3.8, 4) is 0 Å². The zero-order chi connectivity index (χ0) is 14.7. The first kappa shape index (κ1) is 14.3. The molecule has 1 aliphatic heterocycles. The van der Waals surface area contributed by atoms with Gasteiger partial charge in [-0.2, -0.15) is 0 Å². The summed E-state index contributed by atoms with van der Waals surface area (Å²) in [5.41, 5.74) is 1.67. The highest BCUT2D eigenvalue weighted by Gasteiger charge is 2.21. The molecule has 0 unspecified atom stereocenters. The van der Waals surface area contributed by atoms with Crippen LogP contribution < -0.4 is 5.32 Å². The molecule has 110 valence electrons. The zero-order valence-corrected chi connectivity index (χ0v) is 12.5. The van der Waals surface area contributed by atoms with Crippen molar-refractivity contribution in [1.82, 2.24) is 10.3 Å². The number of nitrogens with one attached hydrogen (secondary N) is 1. The van der Waals surface area contributed by atoms with Crippen molar-refractivity contribution in [2.45, 2.75) is 30.3 Å². The largest absolute Gasteiger partial charge is 0.355 e. The minimum atomic E-state index is -0.251. The van der Waals surface area contributed by atoms with E-state index in [0.717, 1.165) is 31.4 Å². The number of amides is 1. The fourth-order valence-electron chi connectivity index (χ4n) is 2.57. The number of thioether (sulfide) groups is 1. The quantitative estimate of drug-likeness (QED) is 0.946. The van der Waals surface area contributed by atoms with Crippen LogP contribution in [0.25, 0.3) is 10.9 Å². The van der Waals surface area contributed by atoms with Gasteiger partial charge in [-0.05, 0) is 36.6 Å². The maximum atomic E-state index is 13.8. The third-order valence-corrected chi connectivity index (χ3v) is 5.05. The third-order valence-electron chi connectivity index (χ3n) is 3.72.